The third kappa shape index (κ3) is 4.38. The zero-order valence-corrected chi connectivity index (χ0v) is 18.2. The van der Waals surface area contributed by atoms with Gasteiger partial charge in [0.05, 0.1) is 14.2 Å². The van der Waals surface area contributed by atoms with Crippen molar-refractivity contribution in [2.45, 2.75) is 50.7 Å². The van der Waals surface area contributed by atoms with Gasteiger partial charge in [-0.15, -0.1) is 0 Å². The molecule has 2 aliphatic rings. The second-order valence-electron chi connectivity index (χ2n) is 8.34. The first-order valence-electron chi connectivity index (χ1n) is 11.0. The van der Waals surface area contributed by atoms with Crippen LogP contribution in [-0.4, -0.2) is 43.0 Å². The molecular weight excluding hydrogens is 392 g/mol. The Kier molecular flexibility index (Phi) is 6.44. The second-order valence-corrected chi connectivity index (χ2v) is 8.34. The minimum atomic E-state index is -0.440. The van der Waals surface area contributed by atoms with E-state index in [-0.39, 0.29) is 17.9 Å². The normalized spacial score (nSPS) is 22.5. The number of methoxy groups -OCH3 is 2. The molecule has 164 valence electrons. The van der Waals surface area contributed by atoms with Gasteiger partial charge < -0.3 is 19.7 Å². The molecule has 6 heteroatoms. The van der Waals surface area contributed by atoms with Crippen molar-refractivity contribution < 1.29 is 19.1 Å². The predicted molar refractivity (Wildman–Crippen MR) is 118 cm³/mol. The molecule has 2 amide bonds. The standard InChI is InChI=1S/C25H30N2O4/c1-30-20-13-12-19(23(15-20)31-2)16-26-24(28)22-14-18-10-6-7-11-21(18)27(22)25(29)17-8-4-3-5-9-17/h3-5,8-9,12-13,15,18,21-22H,6-7,10-11,14,16H2,1-2H3,(H,26,28). The molecule has 0 radical (unpaired) electrons. The molecule has 0 spiro atoms. The van der Waals surface area contributed by atoms with E-state index in [1.54, 1.807) is 20.3 Å². The first kappa shape index (κ1) is 21.2. The van der Waals surface area contributed by atoms with Gasteiger partial charge in [0, 0.05) is 29.8 Å². The van der Waals surface area contributed by atoms with Crippen LogP contribution in [0, 0.1) is 5.92 Å². The smallest absolute Gasteiger partial charge is 0.254 e. The molecule has 1 saturated heterocycles. The third-order valence-electron chi connectivity index (χ3n) is 6.59. The Bertz CT molecular complexity index is 930. The summed E-state index contributed by atoms with van der Waals surface area (Å²) in [5.74, 6) is 1.62. The maximum atomic E-state index is 13.4. The van der Waals surface area contributed by atoms with Gasteiger partial charge in [-0.1, -0.05) is 31.0 Å². The van der Waals surface area contributed by atoms with Gasteiger partial charge in [-0.2, -0.15) is 0 Å². The number of rotatable bonds is 6. The first-order valence-corrected chi connectivity index (χ1v) is 11.0. The van der Waals surface area contributed by atoms with Crippen LogP contribution in [0.25, 0.3) is 0 Å². The minimum absolute atomic E-state index is 0.0443. The van der Waals surface area contributed by atoms with Gasteiger partial charge in [-0.05, 0) is 49.4 Å². The van der Waals surface area contributed by atoms with Crippen molar-refractivity contribution in [2.24, 2.45) is 5.92 Å². The molecular formula is C25H30N2O4. The van der Waals surface area contributed by atoms with Crippen LogP contribution in [0.2, 0.25) is 0 Å². The molecule has 0 bridgehead atoms. The van der Waals surface area contributed by atoms with Gasteiger partial charge in [0.1, 0.15) is 17.5 Å². The molecule has 2 fully saturated rings. The summed E-state index contributed by atoms with van der Waals surface area (Å²) in [5, 5.41) is 3.05. The lowest BCUT2D eigenvalue weighted by molar-refractivity contribution is -0.125. The van der Waals surface area contributed by atoms with Crippen molar-refractivity contribution in [1.82, 2.24) is 10.2 Å². The number of carbonyl (C=O) groups is 2. The zero-order chi connectivity index (χ0) is 21.8. The number of fused-ring (bicyclic) bond motifs is 1. The number of nitrogens with one attached hydrogen (secondary N) is 1. The fourth-order valence-electron chi connectivity index (χ4n) is 5.01. The number of ether oxygens (including phenoxy) is 2. The van der Waals surface area contributed by atoms with Gasteiger partial charge in [-0.3, -0.25) is 9.59 Å². The van der Waals surface area contributed by atoms with Crippen LogP contribution < -0.4 is 14.8 Å². The number of benzene rings is 2. The van der Waals surface area contributed by atoms with E-state index in [4.69, 9.17) is 9.47 Å². The second kappa shape index (κ2) is 9.41. The molecule has 1 N–H and O–H groups in total. The number of likely N-dealkylation sites (tertiary alicyclic amines) is 1. The highest BCUT2D eigenvalue weighted by atomic mass is 16.5. The average Bonchev–Trinajstić information content (AvgIpc) is 3.22. The van der Waals surface area contributed by atoms with Crippen molar-refractivity contribution in [3.63, 3.8) is 0 Å². The number of hydrogen-bond acceptors (Lipinski definition) is 4. The third-order valence-corrected chi connectivity index (χ3v) is 6.59. The van der Waals surface area contributed by atoms with Crippen molar-refractivity contribution in [3.8, 4) is 11.5 Å². The number of amides is 2. The summed E-state index contributed by atoms with van der Waals surface area (Å²) < 4.78 is 10.7. The lowest BCUT2D eigenvalue weighted by Gasteiger charge is -2.33. The Labute approximate surface area is 183 Å². The Morgan fingerprint density at radius 2 is 1.81 bits per heavy atom. The molecule has 2 aromatic carbocycles. The van der Waals surface area contributed by atoms with Gasteiger partial charge in [0.25, 0.3) is 5.91 Å². The molecule has 2 aromatic rings. The molecule has 1 heterocycles. The molecule has 1 aliphatic carbocycles. The van der Waals surface area contributed by atoms with Crippen molar-refractivity contribution in [2.75, 3.05) is 14.2 Å². The van der Waals surface area contributed by atoms with Crippen LogP contribution in [0.4, 0.5) is 0 Å². The summed E-state index contributed by atoms with van der Waals surface area (Å²) >= 11 is 0. The summed E-state index contributed by atoms with van der Waals surface area (Å²) in [5.41, 5.74) is 1.51. The molecule has 3 unspecified atom stereocenters. The molecule has 0 aromatic heterocycles. The lowest BCUT2D eigenvalue weighted by atomic mass is 9.84. The maximum Gasteiger partial charge on any atom is 0.254 e. The van der Waals surface area contributed by atoms with E-state index in [0.29, 0.717) is 29.5 Å². The fraction of sp³-hybridized carbons (Fsp3) is 0.440. The van der Waals surface area contributed by atoms with Gasteiger partial charge >= 0.3 is 0 Å². The maximum absolute atomic E-state index is 13.4. The van der Waals surface area contributed by atoms with Crippen molar-refractivity contribution >= 4 is 11.8 Å². The van der Waals surface area contributed by atoms with Gasteiger partial charge in [0.15, 0.2) is 0 Å². The summed E-state index contributed by atoms with van der Waals surface area (Å²) in [6.07, 6.45) is 5.07. The predicted octanol–water partition coefficient (Wildman–Crippen LogP) is 3.79. The highest BCUT2D eigenvalue weighted by Gasteiger charge is 2.47. The molecule has 4 rings (SSSR count). The van der Waals surface area contributed by atoms with Gasteiger partial charge in [-0.25, -0.2) is 0 Å². The Morgan fingerprint density at radius 3 is 2.55 bits per heavy atom. The van der Waals surface area contributed by atoms with Crippen LogP contribution >= 0.6 is 0 Å². The van der Waals surface area contributed by atoms with E-state index >= 15 is 0 Å². The summed E-state index contributed by atoms with van der Waals surface area (Å²) in [7, 11) is 3.20. The highest BCUT2D eigenvalue weighted by molar-refractivity contribution is 5.98. The van der Waals surface area contributed by atoms with Crippen molar-refractivity contribution in [3.05, 3.63) is 59.7 Å². The molecule has 1 aliphatic heterocycles. The SMILES string of the molecule is COc1ccc(CNC(=O)C2CC3CCCCC3N2C(=O)c2ccccc2)c(OC)c1. The number of nitrogens with zero attached hydrogens (tertiary/aromatic N) is 1. The molecule has 3 atom stereocenters. The Morgan fingerprint density at radius 1 is 1.03 bits per heavy atom. The zero-order valence-electron chi connectivity index (χ0n) is 18.2. The van der Waals surface area contributed by atoms with Crippen LogP contribution in [-0.2, 0) is 11.3 Å². The summed E-state index contributed by atoms with van der Waals surface area (Å²) in [6, 6.07) is 14.5. The van der Waals surface area contributed by atoms with Gasteiger partial charge in [0.2, 0.25) is 5.91 Å². The lowest BCUT2D eigenvalue weighted by Crippen LogP contribution is -2.49. The molecule has 31 heavy (non-hydrogen) atoms. The quantitative estimate of drug-likeness (QED) is 0.769. The van der Waals surface area contributed by atoms with E-state index in [9.17, 15) is 9.59 Å². The highest BCUT2D eigenvalue weighted by Crippen LogP contribution is 2.40. The number of carbonyl (C=O) groups excluding carboxylic acids is 2. The van der Waals surface area contributed by atoms with E-state index in [0.717, 1.165) is 31.2 Å². The fourth-order valence-corrected chi connectivity index (χ4v) is 5.01. The van der Waals surface area contributed by atoms with E-state index in [1.165, 1.54) is 6.42 Å². The minimum Gasteiger partial charge on any atom is -0.497 e. The molecule has 6 nitrogen and oxygen atoms in total. The largest absolute Gasteiger partial charge is 0.497 e. The van der Waals surface area contributed by atoms with Crippen LogP contribution in [0.3, 0.4) is 0 Å². The van der Waals surface area contributed by atoms with E-state index in [2.05, 4.69) is 5.32 Å². The summed E-state index contributed by atoms with van der Waals surface area (Å²) in [6.45, 7) is 0.338. The topological polar surface area (TPSA) is 67.9 Å². The summed E-state index contributed by atoms with van der Waals surface area (Å²) in [4.78, 5) is 28.5. The van der Waals surface area contributed by atoms with Crippen LogP contribution in [0.5, 0.6) is 11.5 Å². The Hall–Kier alpha value is -3.02. The monoisotopic (exact) mass is 422 g/mol. The van der Waals surface area contributed by atoms with E-state index < -0.39 is 6.04 Å². The van der Waals surface area contributed by atoms with E-state index in [1.807, 2.05) is 47.4 Å². The first-order chi connectivity index (χ1) is 15.1. The number of hydrogen-bond donors (Lipinski definition) is 1. The van der Waals surface area contributed by atoms with Crippen LogP contribution in [0.15, 0.2) is 48.5 Å². The van der Waals surface area contributed by atoms with Crippen LogP contribution in [0.1, 0.15) is 48.0 Å². The average molecular weight is 423 g/mol. The Balaban J connectivity index is 1.52. The van der Waals surface area contributed by atoms with Crippen molar-refractivity contribution in [1.29, 1.82) is 0 Å². The molecule has 1 saturated carbocycles.